The Labute approximate surface area is 164 Å². The van der Waals surface area contributed by atoms with Gasteiger partial charge in [0, 0.05) is 6.42 Å². The number of hydrogen-bond donors (Lipinski definition) is 0. The summed E-state index contributed by atoms with van der Waals surface area (Å²) in [6.45, 7) is 16.1. The number of unbranched alkanes of at least 4 members (excludes halogenated alkanes) is 2. The summed E-state index contributed by atoms with van der Waals surface area (Å²) in [7, 11) is 0. The molecule has 0 amide bonds. The highest BCUT2D eigenvalue weighted by molar-refractivity contribution is 5.97. The van der Waals surface area contributed by atoms with Gasteiger partial charge in [-0.15, -0.1) is 0 Å². The summed E-state index contributed by atoms with van der Waals surface area (Å²) in [6.07, 6.45) is 13.3. The van der Waals surface area contributed by atoms with Gasteiger partial charge in [0.15, 0.2) is 5.78 Å². The van der Waals surface area contributed by atoms with Gasteiger partial charge in [-0.1, -0.05) is 98.5 Å². The van der Waals surface area contributed by atoms with E-state index in [1.165, 1.54) is 68.9 Å². The van der Waals surface area contributed by atoms with Gasteiger partial charge in [-0.25, -0.2) is 0 Å². The Balaban J connectivity index is 3.01. The average Bonchev–Trinajstić information content (AvgIpc) is 2.60. The highest BCUT2D eigenvalue weighted by atomic mass is 16.1. The molecule has 1 nitrogen and oxygen atoms in total. The van der Waals surface area contributed by atoms with Crippen molar-refractivity contribution >= 4 is 5.78 Å². The van der Waals surface area contributed by atoms with E-state index in [2.05, 4.69) is 48.5 Å². The molecule has 0 saturated heterocycles. The largest absolute Gasteiger partial charge is 0.295 e. The zero-order chi connectivity index (χ0) is 19.7. The molecule has 26 heavy (non-hydrogen) atoms. The molecule has 0 aromatic heterocycles. The van der Waals surface area contributed by atoms with Gasteiger partial charge in [-0.2, -0.15) is 0 Å². The molecule has 152 valence electrons. The summed E-state index contributed by atoms with van der Waals surface area (Å²) in [4.78, 5) is 13.0. The fourth-order valence-electron chi connectivity index (χ4n) is 4.98. The van der Waals surface area contributed by atoms with E-state index in [1.807, 2.05) is 0 Å². The minimum Gasteiger partial charge on any atom is -0.295 e. The molecule has 1 aliphatic carbocycles. The maximum absolute atomic E-state index is 13.0. The lowest BCUT2D eigenvalue weighted by Crippen LogP contribution is -2.36. The molecule has 1 rings (SSSR count). The second-order valence-corrected chi connectivity index (χ2v) is 9.58. The van der Waals surface area contributed by atoms with E-state index in [4.69, 9.17) is 0 Å². The zero-order valence-electron chi connectivity index (χ0n) is 18.9. The number of Topliss-reactive ketones (excluding diaryl/α,β-unsaturated/α-hetero) is 1. The molecule has 0 radical (unpaired) electrons. The average molecular weight is 363 g/mol. The zero-order valence-corrected chi connectivity index (χ0v) is 18.9. The highest BCUT2D eigenvalue weighted by Crippen LogP contribution is 2.47. The van der Waals surface area contributed by atoms with Crippen LogP contribution in [0.2, 0.25) is 0 Å². The van der Waals surface area contributed by atoms with Crippen molar-refractivity contribution in [3.8, 4) is 0 Å². The van der Waals surface area contributed by atoms with Gasteiger partial charge in [0.2, 0.25) is 0 Å². The fraction of sp³-hybridized carbons (Fsp3) is 0.880. The van der Waals surface area contributed by atoms with Gasteiger partial charge >= 0.3 is 0 Å². The van der Waals surface area contributed by atoms with Crippen molar-refractivity contribution < 1.29 is 4.79 Å². The van der Waals surface area contributed by atoms with Gasteiger partial charge in [0.25, 0.3) is 0 Å². The van der Waals surface area contributed by atoms with Crippen molar-refractivity contribution in [3.05, 3.63) is 11.1 Å². The number of ketones is 1. The molecular formula is C25H46O. The van der Waals surface area contributed by atoms with E-state index in [9.17, 15) is 4.79 Å². The first kappa shape index (κ1) is 23.4. The maximum atomic E-state index is 13.0. The van der Waals surface area contributed by atoms with Crippen molar-refractivity contribution in [1.82, 2.24) is 0 Å². The van der Waals surface area contributed by atoms with Crippen molar-refractivity contribution in [2.75, 3.05) is 0 Å². The van der Waals surface area contributed by atoms with Crippen LogP contribution in [0.1, 0.15) is 119 Å². The van der Waals surface area contributed by atoms with Gasteiger partial charge < -0.3 is 0 Å². The third-order valence-corrected chi connectivity index (χ3v) is 7.04. The summed E-state index contributed by atoms with van der Waals surface area (Å²) in [5.74, 6) is 2.53. The Bertz CT molecular complexity index is 457. The van der Waals surface area contributed by atoms with Gasteiger partial charge in [0.05, 0.1) is 0 Å². The quantitative estimate of drug-likeness (QED) is 0.342. The molecule has 0 aromatic carbocycles. The minimum absolute atomic E-state index is 0.120. The van der Waals surface area contributed by atoms with Crippen LogP contribution in [0, 0.1) is 23.2 Å². The Morgan fingerprint density at radius 2 is 1.50 bits per heavy atom. The molecule has 0 bridgehead atoms. The first-order chi connectivity index (χ1) is 12.3. The van der Waals surface area contributed by atoms with E-state index in [0.717, 1.165) is 18.8 Å². The molecule has 0 saturated carbocycles. The van der Waals surface area contributed by atoms with Gasteiger partial charge in [0.1, 0.15) is 0 Å². The molecule has 0 heterocycles. The van der Waals surface area contributed by atoms with E-state index in [-0.39, 0.29) is 5.41 Å². The second-order valence-electron chi connectivity index (χ2n) is 9.58. The molecule has 1 heteroatoms. The van der Waals surface area contributed by atoms with E-state index in [0.29, 0.717) is 17.6 Å². The molecule has 0 spiro atoms. The number of carbonyl (C=O) groups is 1. The molecule has 3 unspecified atom stereocenters. The van der Waals surface area contributed by atoms with Gasteiger partial charge in [-0.05, 0) is 48.5 Å². The molecule has 0 aliphatic heterocycles. The van der Waals surface area contributed by atoms with Crippen molar-refractivity contribution in [2.24, 2.45) is 23.2 Å². The minimum atomic E-state index is 0.120. The molecule has 3 atom stereocenters. The summed E-state index contributed by atoms with van der Waals surface area (Å²) >= 11 is 0. The van der Waals surface area contributed by atoms with E-state index in [1.54, 1.807) is 0 Å². The SMILES string of the molecule is CCCCC(CC)CC1=C(C)C(CC(CC)CCCC)C(C)(C)CC1=O. The summed E-state index contributed by atoms with van der Waals surface area (Å²) < 4.78 is 0. The summed E-state index contributed by atoms with van der Waals surface area (Å²) in [5.41, 5.74) is 2.77. The van der Waals surface area contributed by atoms with Crippen LogP contribution in [-0.4, -0.2) is 5.78 Å². The fourth-order valence-corrected chi connectivity index (χ4v) is 4.98. The Kier molecular flexibility index (Phi) is 10.2. The third kappa shape index (κ3) is 6.54. The van der Waals surface area contributed by atoms with Crippen LogP contribution in [0.15, 0.2) is 11.1 Å². The van der Waals surface area contributed by atoms with Crippen LogP contribution in [0.5, 0.6) is 0 Å². The van der Waals surface area contributed by atoms with Crippen LogP contribution in [0.25, 0.3) is 0 Å². The lowest BCUT2D eigenvalue weighted by atomic mass is 9.62. The number of carbonyl (C=O) groups excluding carboxylic acids is 1. The Morgan fingerprint density at radius 3 is 2.00 bits per heavy atom. The first-order valence-corrected chi connectivity index (χ1v) is 11.5. The predicted molar refractivity (Wildman–Crippen MR) is 115 cm³/mol. The van der Waals surface area contributed by atoms with Gasteiger partial charge in [-0.3, -0.25) is 4.79 Å². The van der Waals surface area contributed by atoms with Crippen molar-refractivity contribution in [1.29, 1.82) is 0 Å². The van der Waals surface area contributed by atoms with Crippen LogP contribution >= 0.6 is 0 Å². The van der Waals surface area contributed by atoms with Crippen LogP contribution in [-0.2, 0) is 4.79 Å². The lowest BCUT2D eigenvalue weighted by molar-refractivity contribution is -0.119. The number of rotatable bonds is 12. The van der Waals surface area contributed by atoms with E-state index < -0.39 is 0 Å². The van der Waals surface area contributed by atoms with Crippen LogP contribution < -0.4 is 0 Å². The standard InChI is InChI=1S/C25H46O/c1-8-12-14-20(10-3)16-22-19(5)23(25(6,7)18-24(22)26)17-21(11-4)15-13-9-2/h20-21,23H,8-18H2,1-7H3. The van der Waals surface area contributed by atoms with E-state index >= 15 is 0 Å². The smallest absolute Gasteiger partial charge is 0.159 e. The first-order valence-electron chi connectivity index (χ1n) is 11.5. The molecular weight excluding hydrogens is 316 g/mol. The number of hydrogen-bond acceptors (Lipinski definition) is 1. The second kappa shape index (κ2) is 11.3. The van der Waals surface area contributed by atoms with Crippen LogP contribution in [0.4, 0.5) is 0 Å². The summed E-state index contributed by atoms with van der Waals surface area (Å²) in [5, 5.41) is 0. The topological polar surface area (TPSA) is 17.1 Å². The molecule has 0 fully saturated rings. The highest BCUT2D eigenvalue weighted by Gasteiger charge is 2.40. The molecule has 0 aromatic rings. The third-order valence-electron chi connectivity index (χ3n) is 7.04. The normalized spacial score (nSPS) is 22.6. The van der Waals surface area contributed by atoms with Crippen LogP contribution in [0.3, 0.4) is 0 Å². The maximum Gasteiger partial charge on any atom is 0.159 e. The Hall–Kier alpha value is -0.590. The van der Waals surface area contributed by atoms with Crippen molar-refractivity contribution in [3.63, 3.8) is 0 Å². The monoisotopic (exact) mass is 362 g/mol. The molecule has 1 aliphatic rings. The Morgan fingerprint density at radius 1 is 0.962 bits per heavy atom. The number of allylic oxidation sites excluding steroid dienone is 2. The summed E-state index contributed by atoms with van der Waals surface area (Å²) in [6, 6.07) is 0. The van der Waals surface area contributed by atoms with Crippen molar-refractivity contribution in [2.45, 2.75) is 119 Å². The lowest BCUT2D eigenvalue weighted by Gasteiger charge is -2.42. The predicted octanol–water partition coefficient (Wildman–Crippen LogP) is 8.13. The molecule has 0 N–H and O–H groups in total.